The SMILES string of the molecule is Cl.O=C(CSc1nccc(=O)[nH]1)Nc1cccc(Cl)c1Cl. The zero-order chi connectivity index (χ0) is 14.5. The fourth-order valence-electron chi connectivity index (χ4n) is 1.35. The molecule has 0 saturated carbocycles. The molecule has 1 aromatic carbocycles. The molecule has 0 radical (unpaired) electrons. The summed E-state index contributed by atoms with van der Waals surface area (Å²) in [7, 11) is 0. The maximum atomic E-state index is 11.8. The molecule has 0 aliphatic rings. The molecule has 0 atom stereocenters. The topological polar surface area (TPSA) is 74.8 Å². The Balaban J connectivity index is 0.00000220. The van der Waals surface area contributed by atoms with E-state index in [4.69, 9.17) is 23.2 Å². The largest absolute Gasteiger partial charge is 0.324 e. The van der Waals surface area contributed by atoms with Crippen LogP contribution >= 0.6 is 47.4 Å². The highest BCUT2D eigenvalue weighted by Crippen LogP contribution is 2.29. The van der Waals surface area contributed by atoms with E-state index in [1.165, 1.54) is 12.3 Å². The summed E-state index contributed by atoms with van der Waals surface area (Å²) in [5, 5.41) is 3.68. The zero-order valence-electron chi connectivity index (χ0n) is 10.4. The van der Waals surface area contributed by atoms with Gasteiger partial charge in [0.25, 0.3) is 5.56 Å². The van der Waals surface area contributed by atoms with Crippen molar-refractivity contribution in [1.29, 1.82) is 0 Å². The van der Waals surface area contributed by atoms with Crippen molar-refractivity contribution in [3.63, 3.8) is 0 Å². The number of hydrogen-bond donors (Lipinski definition) is 2. The van der Waals surface area contributed by atoms with Crippen molar-refractivity contribution >= 4 is 59.0 Å². The monoisotopic (exact) mass is 365 g/mol. The molecule has 0 unspecified atom stereocenters. The van der Waals surface area contributed by atoms with Crippen LogP contribution in [0.3, 0.4) is 0 Å². The first-order valence-corrected chi connectivity index (χ1v) is 7.22. The van der Waals surface area contributed by atoms with E-state index in [1.54, 1.807) is 18.2 Å². The Labute approximate surface area is 140 Å². The summed E-state index contributed by atoms with van der Waals surface area (Å²) in [5.41, 5.74) is 0.181. The number of anilines is 1. The second-order valence-corrected chi connectivity index (χ2v) is 5.43. The minimum absolute atomic E-state index is 0. The molecular weight excluding hydrogens is 357 g/mol. The zero-order valence-corrected chi connectivity index (χ0v) is 13.6. The third-order valence-corrected chi connectivity index (χ3v) is 3.92. The van der Waals surface area contributed by atoms with Gasteiger partial charge >= 0.3 is 0 Å². The minimum Gasteiger partial charge on any atom is -0.324 e. The molecule has 0 aliphatic carbocycles. The van der Waals surface area contributed by atoms with E-state index >= 15 is 0 Å². The van der Waals surface area contributed by atoms with Crippen LogP contribution in [0.2, 0.25) is 10.0 Å². The third-order valence-electron chi connectivity index (χ3n) is 2.21. The van der Waals surface area contributed by atoms with Gasteiger partial charge in [-0.25, -0.2) is 4.98 Å². The highest BCUT2D eigenvalue weighted by molar-refractivity contribution is 7.99. The molecule has 0 fully saturated rings. The molecule has 0 bridgehead atoms. The molecule has 2 N–H and O–H groups in total. The first kappa shape index (κ1) is 17.8. The van der Waals surface area contributed by atoms with E-state index in [-0.39, 0.29) is 29.6 Å². The number of benzene rings is 1. The Morgan fingerprint density at radius 2 is 2.10 bits per heavy atom. The summed E-state index contributed by atoms with van der Waals surface area (Å²) < 4.78 is 0. The molecule has 2 aromatic rings. The van der Waals surface area contributed by atoms with E-state index in [1.807, 2.05) is 0 Å². The van der Waals surface area contributed by atoms with Crippen molar-refractivity contribution in [2.24, 2.45) is 0 Å². The number of carbonyl (C=O) groups is 1. The van der Waals surface area contributed by atoms with E-state index in [9.17, 15) is 9.59 Å². The van der Waals surface area contributed by atoms with Crippen LogP contribution in [0.15, 0.2) is 40.4 Å². The number of H-pyrrole nitrogens is 1. The molecule has 0 aliphatic heterocycles. The summed E-state index contributed by atoms with van der Waals surface area (Å²) in [6.45, 7) is 0. The molecule has 0 spiro atoms. The molecule has 2 rings (SSSR count). The van der Waals surface area contributed by atoms with Crippen LogP contribution in [0.1, 0.15) is 0 Å². The molecule has 112 valence electrons. The van der Waals surface area contributed by atoms with Gasteiger partial charge in [0.15, 0.2) is 5.16 Å². The van der Waals surface area contributed by atoms with Gasteiger partial charge in [-0.15, -0.1) is 12.4 Å². The standard InChI is InChI=1S/C12H9Cl2N3O2S.ClH/c13-7-2-1-3-8(11(7)14)16-10(19)6-20-12-15-5-4-9(18)17-12;/h1-5H,6H2,(H,16,19)(H,15,17,18);1H. The highest BCUT2D eigenvalue weighted by Gasteiger charge is 2.09. The first-order chi connectivity index (χ1) is 9.56. The quantitative estimate of drug-likeness (QED) is 0.643. The number of rotatable bonds is 4. The summed E-state index contributed by atoms with van der Waals surface area (Å²) in [6.07, 6.45) is 1.38. The summed E-state index contributed by atoms with van der Waals surface area (Å²) in [6, 6.07) is 6.27. The summed E-state index contributed by atoms with van der Waals surface area (Å²) >= 11 is 12.9. The lowest BCUT2D eigenvalue weighted by Crippen LogP contribution is -2.15. The van der Waals surface area contributed by atoms with Crippen molar-refractivity contribution in [3.8, 4) is 0 Å². The number of carbonyl (C=O) groups excluding carboxylic acids is 1. The molecule has 1 amide bonds. The van der Waals surface area contributed by atoms with Crippen molar-refractivity contribution in [2.75, 3.05) is 11.1 Å². The van der Waals surface area contributed by atoms with E-state index in [0.717, 1.165) is 11.8 Å². The maximum Gasteiger partial charge on any atom is 0.251 e. The van der Waals surface area contributed by atoms with Crippen LogP contribution in [-0.2, 0) is 4.79 Å². The minimum atomic E-state index is -0.273. The van der Waals surface area contributed by atoms with Gasteiger partial charge in [0.05, 0.1) is 21.5 Å². The van der Waals surface area contributed by atoms with Crippen molar-refractivity contribution < 1.29 is 4.79 Å². The Morgan fingerprint density at radius 3 is 2.81 bits per heavy atom. The normalized spacial score (nSPS) is 9.81. The Hall–Kier alpha value is -1.21. The van der Waals surface area contributed by atoms with Crippen LogP contribution in [0.25, 0.3) is 0 Å². The number of halogens is 3. The van der Waals surface area contributed by atoms with Gasteiger partial charge in [-0.2, -0.15) is 0 Å². The molecule has 21 heavy (non-hydrogen) atoms. The average molecular weight is 367 g/mol. The second-order valence-electron chi connectivity index (χ2n) is 3.68. The number of aromatic nitrogens is 2. The van der Waals surface area contributed by atoms with Crippen LogP contribution in [0, 0.1) is 0 Å². The van der Waals surface area contributed by atoms with Crippen molar-refractivity contribution in [3.05, 3.63) is 50.9 Å². The number of amides is 1. The van der Waals surface area contributed by atoms with Crippen LogP contribution < -0.4 is 10.9 Å². The molecule has 9 heteroatoms. The summed E-state index contributed by atoms with van der Waals surface area (Å²) in [5.74, 6) is -0.179. The van der Waals surface area contributed by atoms with Gasteiger partial charge in [0.1, 0.15) is 0 Å². The van der Waals surface area contributed by atoms with Crippen molar-refractivity contribution in [1.82, 2.24) is 9.97 Å². The van der Waals surface area contributed by atoms with E-state index < -0.39 is 0 Å². The van der Waals surface area contributed by atoms with Gasteiger partial charge in [-0.1, -0.05) is 41.0 Å². The van der Waals surface area contributed by atoms with E-state index in [0.29, 0.717) is 20.9 Å². The van der Waals surface area contributed by atoms with Gasteiger partial charge in [0.2, 0.25) is 5.91 Å². The average Bonchev–Trinajstić information content (AvgIpc) is 2.42. The van der Waals surface area contributed by atoms with Gasteiger partial charge in [-0.3, -0.25) is 9.59 Å². The van der Waals surface area contributed by atoms with E-state index in [2.05, 4.69) is 15.3 Å². The van der Waals surface area contributed by atoms with Crippen LogP contribution in [-0.4, -0.2) is 21.6 Å². The number of aromatic amines is 1. The maximum absolute atomic E-state index is 11.8. The number of nitrogens with one attached hydrogen (secondary N) is 2. The van der Waals surface area contributed by atoms with Crippen LogP contribution in [0.4, 0.5) is 5.69 Å². The Kier molecular flexibility index (Phi) is 7.04. The first-order valence-electron chi connectivity index (χ1n) is 5.48. The predicted octanol–water partition coefficient (Wildman–Crippen LogP) is 3.23. The lowest BCUT2D eigenvalue weighted by molar-refractivity contribution is -0.113. The Morgan fingerprint density at radius 1 is 1.33 bits per heavy atom. The number of thioether (sulfide) groups is 1. The molecule has 1 heterocycles. The lowest BCUT2D eigenvalue weighted by atomic mass is 10.3. The molecule has 0 saturated heterocycles. The molecular formula is C12H10Cl3N3O2S. The fraction of sp³-hybridized carbons (Fsp3) is 0.0833. The van der Waals surface area contributed by atoms with Crippen molar-refractivity contribution in [2.45, 2.75) is 5.16 Å². The van der Waals surface area contributed by atoms with Gasteiger partial charge < -0.3 is 10.3 Å². The van der Waals surface area contributed by atoms with Gasteiger partial charge in [-0.05, 0) is 12.1 Å². The number of nitrogens with zero attached hydrogens (tertiary/aromatic N) is 1. The van der Waals surface area contributed by atoms with Gasteiger partial charge in [0, 0.05) is 12.3 Å². The molecule has 1 aromatic heterocycles. The predicted molar refractivity (Wildman–Crippen MR) is 87.9 cm³/mol. The fourth-order valence-corrected chi connectivity index (χ4v) is 2.34. The third kappa shape index (κ3) is 5.24. The van der Waals surface area contributed by atoms with Crippen LogP contribution in [0.5, 0.6) is 0 Å². The smallest absolute Gasteiger partial charge is 0.251 e. The summed E-state index contributed by atoms with van der Waals surface area (Å²) in [4.78, 5) is 29.3. The lowest BCUT2D eigenvalue weighted by Gasteiger charge is -2.07. The number of hydrogen-bond acceptors (Lipinski definition) is 4. The highest BCUT2D eigenvalue weighted by atomic mass is 35.5. The Bertz CT molecular complexity index is 693. The second kappa shape index (κ2) is 8.29. The molecule has 5 nitrogen and oxygen atoms in total.